The molecule has 0 atom stereocenters. The van der Waals surface area contributed by atoms with Crippen molar-refractivity contribution in [3.05, 3.63) is 55.1 Å². The molecule has 0 spiro atoms. The molecule has 154 valence electrons. The Morgan fingerprint density at radius 1 is 1.07 bits per heavy atom. The van der Waals surface area contributed by atoms with Gasteiger partial charge in [0.1, 0.15) is 36.1 Å². The van der Waals surface area contributed by atoms with Crippen molar-refractivity contribution in [3.8, 4) is 17.4 Å². The summed E-state index contributed by atoms with van der Waals surface area (Å²) in [6, 6.07) is 11.1. The highest BCUT2D eigenvalue weighted by atomic mass is 16.5. The Morgan fingerprint density at radius 3 is 2.73 bits per heavy atom. The number of likely N-dealkylation sites (N-methyl/N-ethyl adjacent to an activating group) is 1. The number of H-pyrrole nitrogens is 1. The third-order valence-electron chi connectivity index (χ3n) is 4.57. The number of benzene rings is 1. The number of rotatable bonds is 9. The van der Waals surface area contributed by atoms with E-state index in [2.05, 4.69) is 49.3 Å². The van der Waals surface area contributed by atoms with Gasteiger partial charge >= 0.3 is 0 Å². The van der Waals surface area contributed by atoms with Crippen molar-refractivity contribution in [1.29, 1.82) is 0 Å². The lowest BCUT2D eigenvalue weighted by atomic mass is 10.2. The summed E-state index contributed by atoms with van der Waals surface area (Å²) in [4.78, 5) is 15.2. The first kappa shape index (κ1) is 19.6. The van der Waals surface area contributed by atoms with Crippen molar-refractivity contribution in [1.82, 2.24) is 30.0 Å². The molecule has 30 heavy (non-hydrogen) atoms. The van der Waals surface area contributed by atoms with E-state index in [9.17, 15) is 0 Å². The molecule has 3 heterocycles. The predicted molar refractivity (Wildman–Crippen MR) is 114 cm³/mol. The number of nitrogens with one attached hydrogen (secondary N) is 2. The lowest BCUT2D eigenvalue weighted by Crippen LogP contribution is -2.23. The highest BCUT2D eigenvalue weighted by Crippen LogP contribution is 2.28. The number of aromatic amines is 1. The Labute approximate surface area is 174 Å². The van der Waals surface area contributed by atoms with E-state index in [1.54, 1.807) is 18.5 Å². The molecule has 0 radical (unpaired) electrons. The zero-order chi connectivity index (χ0) is 20.8. The number of fused-ring (bicyclic) bond motifs is 1. The van der Waals surface area contributed by atoms with Gasteiger partial charge in [0.2, 0.25) is 5.88 Å². The SMILES string of the molecule is CCN(C)CCOc1ccc(Oc2ccc3ncnc(Nc4ccn[nH]4)c3c2)nc1. The maximum absolute atomic E-state index is 5.91. The van der Waals surface area contributed by atoms with Crippen LogP contribution in [0.5, 0.6) is 17.4 Å². The molecule has 4 aromatic rings. The maximum atomic E-state index is 5.91. The summed E-state index contributed by atoms with van der Waals surface area (Å²) in [6.45, 7) is 4.58. The van der Waals surface area contributed by atoms with E-state index in [-0.39, 0.29) is 0 Å². The second kappa shape index (κ2) is 9.19. The Bertz CT molecular complexity index is 1080. The summed E-state index contributed by atoms with van der Waals surface area (Å²) in [6.07, 6.45) is 4.85. The van der Waals surface area contributed by atoms with E-state index < -0.39 is 0 Å². The fourth-order valence-corrected chi connectivity index (χ4v) is 2.76. The van der Waals surface area contributed by atoms with Crippen LogP contribution in [0.15, 0.2) is 55.1 Å². The monoisotopic (exact) mass is 405 g/mol. The number of pyridine rings is 1. The van der Waals surface area contributed by atoms with Crippen LogP contribution in [0.4, 0.5) is 11.6 Å². The fraction of sp³-hybridized carbons (Fsp3) is 0.238. The van der Waals surface area contributed by atoms with E-state index in [0.29, 0.717) is 29.8 Å². The lowest BCUT2D eigenvalue weighted by Gasteiger charge is -2.14. The minimum absolute atomic E-state index is 0.479. The Morgan fingerprint density at radius 2 is 1.97 bits per heavy atom. The molecular formula is C21H23N7O2. The van der Waals surface area contributed by atoms with Crippen molar-refractivity contribution < 1.29 is 9.47 Å². The predicted octanol–water partition coefficient (Wildman–Crippen LogP) is 3.61. The van der Waals surface area contributed by atoms with Gasteiger partial charge in [0.05, 0.1) is 17.9 Å². The van der Waals surface area contributed by atoms with Crippen molar-refractivity contribution in [2.75, 3.05) is 32.1 Å². The van der Waals surface area contributed by atoms with Crippen molar-refractivity contribution in [3.63, 3.8) is 0 Å². The van der Waals surface area contributed by atoms with Gasteiger partial charge in [0, 0.05) is 24.1 Å². The van der Waals surface area contributed by atoms with Crippen LogP contribution in [0.2, 0.25) is 0 Å². The number of ether oxygens (including phenoxy) is 2. The number of hydrogen-bond acceptors (Lipinski definition) is 8. The molecule has 0 saturated carbocycles. The van der Waals surface area contributed by atoms with Crippen LogP contribution in [0.1, 0.15) is 6.92 Å². The lowest BCUT2D eigenvalue weighted by molar-refractivity contribution is 0.243. The van der Waals surface area contributed by atoms with Gasteiger partial charge in [0.15, 0.2) is 0 Å². The van der Waals surface area contributed by atoms with Gasteiger partial charge < -0.3 is 19.7 Å². The molecule has 0 aliphatic carbocycles. The maximum Gasteiger partial charge on any atom is 0.219 e. The topological polar surface area (TPSA) is 101 Å². The van der Waals surface area contributed by atoms with Gasteiger partial charge in [-0.15, -0.1) is 0 Å². The van der Waals surface area contributed by atoms with Gasteiger partial charge in [-0.3, -0.25) is 5.10 Å². The molecule has 0 unspecified atom stereocenters. The van der Waals surface area contributed by atoms with Crippen molar-refractivity contribution >= 4 is 22.5 Å². The summed E-state index contributed by atoms with van der Waals surface area (Å²) >= 11 is 0. The quantitative estimate of drug-likeness (QED) is 0.435. The number of anilines is 2. The van der Waals surface area contributed by atoms with Crippen LogP contribution in [0.3, 0.4) is 0 Å². The molecule has 1 aromatic carbocycles. The molecule has 0 fully saturated rings. The molecule has 2 N–H and O–H groups in total. The summed E-state index contributed by atoms with van der Waals surface area (Å²) in [5, 5.41) is 10.8. The Kier molecular flexibility index (Phi) is 6.00. The molecule has 0 aliphatic heterocycles. The van der Waals surface area contributed by atoms with Crippen LogP contribution in [-0.4, -0.2) is 56.8 Å². The third kappa shape index (κ3) is 4.81. The van der Waals surface area contributed by atoms with E-state index in [4.69, 9.17) is 9.47 Å². The van der Waals surface area contributed by atoms with Gasteiger partial charge in [-0.25, -0.2) is 15.0 Å². The summed E-state index contributed by atoms with van der Waals surface area (Å²) in [7, 11) is 2.06. The highest BCUT2D eigenvalue weighted by Gasteiger charge is 2.08. The summed E-state index contributed by atoms with van der Waals surface area (Å²) in [5.41, 5.74) is 0.799. The Balaban J connectivity index is 1.46. The van der Waals surface area contributed by atoms with E-state index in [0.717, 1.165) is 29.8 Å². The highest BCUT2D eigenvalue weighted by molar-refractivity contribution is 5.91. The van der Waals surface area contributed by atoms with Crippen LogP contribution in [0.25, 0.3) is 10.9 Å². The summed E-state index contributed by atoms with van der Waals surface area (Å²) in [5.74, 6) is 3.22. The first-order chi connectivity index (χ1) is 14.7. The molecule has 0 aliphatic rings. The van der Waals surface area contributed by atoms with Gasteiger partial charge in [-0.05, 0) is 37.9 Å². The van der Waals surface area contributed by atoms with Crippen LogP contribution < -0.4 is 14.8 Å². The van der Waals surface area contributed by atoms with Crippen molar-refractivity contribution in [2.45, 2.75) is 6.92 Å². The Hall–Kier alpha value is -3.72. The van der Waals surface area contributed by atoms with E-state index in [1.165, 1.54) is 6.33 Å². The molecule has 9 nitrogen and oxygen atoms in total. The molecule has 0 saturated heterocycles. The molecule has 0 bridgehead atoms. The smallest absolute Gasteiger partial charge is 0.219 e. The largest absolute Gasteiger partial charge is 0.491 e. The molecule has 4 rings (SSSR count). The second-order valence-corrected chi connectivity index (χ2v) is 6.68. The van der Waals surface area contributed by atoms with Gasteiger partial charge in [-0.2, -0.15) is 5.10 Å². The first-order valence-corrected chi connectivity index (χ1v) is 9.67. The summed E-state index contributed by atoms with van der Waals surface area (Å²) < 4.78 is 11.6. The van der Waals surface area contributed by atoms with Gasteiger partial charge in [-0.1, -0.05) is 6.92 Å². The third-order valence-corrected chi connectivity index (χ3v) is 4.57. The van der Waals surface area contributed by atoms with Crippen molar-refractivity contribution in [2.24, 2.45) is 0 Å². The minimum atomic E-state index is 0.479. The van der Waals surface area contributed by atoms with Crippen LogP contribution >= 0.6 is 0 Å². The minimum Gasteiger partial charge on any atom is -0.491 e. The molecule has 3 aromatic heterocycles. The van der Waals surface area contributed by atoms with Gasteiger partial charge in [0.25, 0.3) is 0 Å². The average molecular weight is 405 g/mol. The van der Waals surface area contributed by atoms with E-state index >= 15 is 0 Å². The van der Waals surface area contributed by atoms with E-state index in [1.807, 2.05) is 30.3 Å². The zero-order valence-corrected chi connectivity index (χ0v) is 16.9. The standard InChI is InChI=1S/C21H23N7O2/c1-3-28(2)10-11-29-16-5-7-20(22-13-16)30-15-4-6-18-17(12-15)21(24-14-23-18)26-19-8-9-25-27-19/h4-9,12-14H,3,10-11H2,1-2H3,(H2,23,24,25,26,27). The van der Waals surface area contributed by atoms with Crippen LogP contribution in [0, 0.1) is 0 Å². The number of hydrogen-bond donors (Lipinski definition) is 2. The zero-order valence-electron chi connectivity index (χ0n) is 16.9. The molecule has 0 amide bonds. The number of nitrogens with zero attached hydrogens (tertiary/aromatic N) is 5. The first-order valence-electron chi connectivity index (χ1n) is 9.67. The fourth-order valence-electron chi connectivity index (χ4n) is 2.76. The van der Waals surface area contributed by atoms with Crippen LogP contribution in [-0.2, 0) is 0 Å². The molecular weight excluding hydrogens is 382 g/mol. The average Bonchev–Trinajstić information content (AvgIpc) is 3.28. The molecule has 9 heteroatoms. The normalized spacial score (nSPS) is 11.0. The second-order valence-electron chi connectivity index (χ2n) is 6.68. The number of aromatic nitrogens is 5.